The Balaban J connectivity index is 1.96. The van der Waals surface area contributed by atoms with Crippen molar-refractivity contribution in [3.05, 3.63) is 0 Å². The van der Waals surface area contributed by atoms with Gasteiger partial charge in [-0.25, -0.2) is 0 Å². The Hall–Kier alpha value is -0.610. The fourth-order valence-electron chi connectivity index (χ4n) is 3.73. The first kappa shape index (κ1) is 16.8. The molecule has 0 bridgehead atoms. The van der Waals surface area contributed by atoms with E-state index in [-0.39, 0.29) is 11.7 Å². The van der Waals surface area contributed by atoms with E-state index in [0.717, 1.165) is 32.4 Å². The van der Waals surface area contributed by atoms with Crippen LogP contribution in [0.2, 0.25) is 0 Å². The number of nitrogens with one attached hydrogen (secondary N) is 1. The van der Waals surface area contributed by atoms with Crippen LogP contribution in [0.3, 0.4) is 0 Å². The molecule has 4 nitrogen and oxygen atoms in total. The molecule has 0 saturated carbocycles. The van der Waals surface area contributed by atoms with Gasteiger partial charge in [0.25, 0.3) is 0 Å². The van der Waals surface area contributed by atoms with Crippen LogP contribution >= 0.6 is 0 Å². The van der Waals surface area contributed by atoms with Crippen LogP contribution in [0.15, 0.2) is 0 Å². The number of hydrogen-bond acceptors (Lipinski definition) is 3. The highest BCUT2D eigenvalue weighted by Gasteiger charge is 2.46. The third kappa shape index (κ3) is 3.78. The molecule has 2 aliphatic heterocycles. The number of likely N-dealkylation sites (tertiary alicyclic amines) is 1. The molecule has 21 heavy (non-hydrogen) atoms. The number of rotatable bonds is 7. The molecule has 3 unspecified atom stereocenters. The van der Waals surface area contributed by atoms with Gasteiger partial charge in [-0.2, -0.15) is 0 Å². The summed E-state index contributed by atoms with van der Waals surface area (Å²) in [7, 11) is 0. The van der Waals surface area contributed by atoms with Crippen molar-refractivity contribution in [3.63, 3.8) is 0 Å². The first-order valence-electron chi connectivity index (χ1n) is 8.81. The van der Waals surface area contributed by atoms with Crippen molar-refractivity contribution >= 4 is 5.91 Å². The highest BCUT2D eigenvalue weighted by Crippen LogP contribution is 2.27. The molecule has 122 valence electrons. The molecule has 0 aromatic heterocycles. The smallest absolute Gasteiger partial charge is 0.243 e. The van der Waals surface area contributed by atoms with Gasteiger partial charge in [-0.3, -0.25) is 10.1 Å². The molecule has 1 N–H and O–H groups in total. The summed E-state index contributed by atoms with van der Waals surface area (Å²) in [5.41, 5.74) is -0.354. The summed E-state index contributed by atoms with van der Waals surface area (Å²) in [5, 5.41) is 3.58. The van der Waals surface area contributed by atoms with E-state index < -0.39 is 0 Å². The van der Waals surface area contributed by atoms with Crippen molar-refractivity contribution in [2.24, 2.45) is 5.92 Å². The molecule has 0 aliphatic carbocycles. The lowest BCUT2D eigenvalue weighted by molar-refractivity contribution is -0.133. The second kappa shape index (κ2) is 7.10. The van der Waals surface area contributed by atoms with Gasteiger partial charge < -0.3 is 9.80 Å². The summed E-state index contributed by atoms with van der Waals surface area (Å²) in [6.45, 7) is 13.1. The number of amides is 1. The lowest BCUT2D eigenvalue weighted by Gasteiger charge is -2.29. The zero-order chi connectivity index (χ0) is 15.5. The van der Waals surface area contributed by atoms with Crippen molar-refractivity contribution in [3.8, 4) is 0 Å². The van der Waals surface area contributed by atoms with E-state index in [9.17, 15) is 4.79 Å². The minimum Gasteiger partial charge on any atom is -0.325 e. The van der Waals surface area contributed by atoms with Gasteiger partial charge in [0, 0.05) is 13.1 Å². The lowest BCUT2D eigenvalue weighted by atomic mass is 9.99. The van der Waals surface area contributed by atoms with Gasteiger partial charge in [-0.15, -0.1) is 0 Å². The number of carbonyl (C=O) groups excluding carboxylic acids is 1. The Labute approximate surface area is 130 Å². The Morgan fingerprint density at radius 1 is 1.29 bits per heavy atom. The summed E-state index contributed by atoms with van der Waals surface area (Å²) < 4.78 is 0. The topological polar surface area (TPSA) is 35.6 Å². The maximum Gasteiger partial charge on any atom is 0.243 e. The van der Waals surface area contributed by atoms with Gasteiger partial charge in [0.1, 0.15) is 0 Å². The van der Waals surface area contributed by atoms with Gasteiger partial charge in [-0.1, -0.05) is 27.2 Å². The minimum absolute atomic E-state index is 0.230. The third-order valence-electron chi connectivity index (χ3n) is 5.14. The van der Waals surface area contributed by atoms with E-state index in [4.69, 9.17) is 0 Å². The van der Waals surface area contributed by atoms with Crippen LogP contribution in [0.25, 0.3) is 0 Å². The van der Waals surface area contributed by atoms with Crippen LogP contribution in [0, 0.1) is 5.92 Å². The van der Waals surface area contributed by atoms with Crippen LogP contribution < -0.4 is 5.32 Å². The zero-order valence-electron chi connectivity index (χ0n) is 14.3. The summed E-state index contributed by atoms with van der Waals surface area (Å²) in [6, 6.07) is 0. The molecule has 0 spiro atoms. The van der Waals surface area contributed by atoms with Crippen LogP contribution in [-0.4, -0.2) is 53.6 Å². The molecule has 3 atom stereocenters. The Morgan fingerprint density at radius 2 is 1.95 bits per heavy atom. The number of hydrogen-bond donors (Lipinski definition) is 1. The molecule has 2 fully saturated rings. The van der Waals surface area contributed by atoms with Crippen molar-refractivity contribution < 1.29 is 4.79 Å². The van der Waals surface area contributed by atoms with E-state index in [1.54, 1.807) is 0 Å². The van der Waals surface area contributed by atoms with Crippen molar-refractivity contribution in [1.82, 2.24) is 15.1 Å². The van der Waals surface area contributed by atoms with Crippen molar-refractivity contribution in [1.29, 1.82) is 0 Å². The fraction of sp³-hybridized carbons (Fsp3) is 0.941. The summed E-state index contributed by atoms with van der Waals surface area (Å²) in [4.78, 5) is 17.4. The first-order chi connectivity index (χ1) is 10.00. The van der Waals surface area contributed by atoms with Gasteiger partial charge in [0.15, 0.2) is 0 Å². The SMILES string of the molecule is CCCC1NC(C)(CC)C(=O)N1CC(C)CN1CCCC1. The highest BCUT2D eigenvalue weighted by atomic mass is 16.2. The summed E-state index contributed by atoms with van der Waals surface area (Å²) in [6.07, 6.45) is 5.93. The van der Waals surface area contributed by atoms with E-state index in [1.807, 2.05) is 0 Å². The molecule has 1 amide bonds. The second-order valence-corrected chi connectivity index (χ2v) is 7.20. The molecular formula is C17H33N3O. The minimum atomic E-state index is -0.354. The molecule has 0 aromatic rings. The monoisotopic (exact) mass is 295 g/mol. The molecule has 4 heteroatoms. The quantitative estimate of drug-likeness (QED) is 0.783. The van der Waals surface area contributed by atoms with Gasteiger partial charge >= 0.3 is 0 Å². The normalized spacial score (nSPS) is 32.1. The average Bonchev–Trinajstić information content (AvgIpc) is 3.03. The molecule has 0 aromatic carbocycles. The molecule has 2 heterocycles. The number of carbonyl (C=O) groups is 1. The molecule has 2 aliphatic rings. The van der Waals surface area contributed by atoms with Crippen LogP contribution in [0.4, 0.5) is 0 Å². The van der Waals surface area contributed by atoms with E-state index in [0.29, 0.717) is 11.8 Å². The zero-order valence-corrected chi connectivity index (χ0v) is 14.3. The van der Waals surface area contributed by atoms with Crippen LogP contribution in [0.1, 0.15) is 59.8 Å². The van der Waals surface area contributed by atoms with Crippen molar-refractivity contribution in [2.45, 2.75) is 71.5 Å². The van der Waals surface area contributed by atoms with E-state index in [2.05, 4.69) is 42.8 Å². The molecule has 2 rings (SSSR count). The fourth-order valence-corrected chi connectivity index (χ4v) is 3.73. The van der Waals surface area contributed by atoms with Gasteiger partial charge in [0.05, 0.1) is 11.7 Å². The molecular weight excluding hydrogens is 262 g/mol. The predicted octanol–water partition coefficient (Wildman–Crippen LogP) is 2.45. The Kier molecular flexibility index (Phi) is 5.67. The average molecular weight is 295 g/mol. The number of nitrogens with zero attached hydrogens (tertiary/aromatic N) is 2. The second-order valence-electron chi connectivity index (χ2n) is 7.20. The summed E-state index contributed by atoms with van der Waals surface area (Å²) in [5.74, 6) is 0.851. The highest BCUT2D eigenvalue weighted by molar-refractivity contribution is 5.88. The van der Waals surface area contributed by atoms with Crippen LogP contribution in [0.5, 0.6) is 0 Å². The molecule has 2 saturated heterocycles. The standard InChI is InChI=1S/C17H33N3O/c1-5-9-15-18-17(4,6-2)16(21)20(15)13-14(3)12-19-10-7-8-11-19/h14-15,18H,5-13H2,1-4H3. The van der Waals surface area contributed by atoms with Crippen LogP contribution in [-0.2, 0) is 4.79 Å². The van der Waals surface area contributed by atoms with E-state index >= 15 is 0 Å². The van der Waals surface area contributed by atoms with Gasteiger partial charge in [-0.05, 0) is 51.6 Å². The Morgan fingerprint density at radius 3 is 2.52 bits per heavy atom. The van der Waals surface area contributed by atoms with E-state index in [1.165, 1.54) is 25.9 Å². The summed E-state index contributed by atoms with van der Waals surface area (Å²) >= 11 is 0. The van der Waals surface area contributed by atoms with Gasteiger partial charge in [0.2, 0.25) is 5.91 Å². The van der Waals surface area contributed by atoms with Crippen molar-refractivity contribution in [2.75, 3.05) is 26.2 Å². The first-order valence-corrected chi connectivity index (χ1v) is 8.81. The molecule has 0 radical (unpaired) electrons. The Bertz CT molecular complexity index is 354. The lowest BCUT2D eigenvalue weighted by Crippen LogP contribution is -2.44. The maximum atomic E-state index is 12.8. The maximum absolute atomic E-state index is 12.8. The largest absolute Gasteiger partial charge is 0.325 e. The third-order valence-corrected chi connectivity index (χ3v) is 5.14. The predicted molar refractivity (Wildman–Crippen MR) is 87.1 cm³/mol.